The number of hydrogen-bond acceptors (Lipinski definition) is 6. The molecule has 1 aromatic rings. The monoisotopic (exact) mass is 324 g/mol. The number of carboxylic acids is 1. The van der Waals surface area contributed by atoms with Gasteiger partial charge in [0.05, 0.1) is 34.4 Å². The van der Waals surface area contributed by atoms with Crippen molar-refractivity contribution in [3.05, 3.63) is 23.3 Å². The lowest BCUT2D eigenvalue weighted by atomic mass is 10.1. The molecule has 0 fully saturated rings. The van der Waals surface area contributed by atoms with E-state index in [1.165, 1.54) is 27.4 Å². The molecule has 0 bridgehead atoms. The van der Waals surface area contributed by atoms with Crippen molar-refractivity contribution in [1.29, 1.82) is 0 Å². The van der Waals surface area contributed by atoms with Crippen LogP contribution in [0.5, 0.6) is 17.2 Å². The standard InChI is InChI=1S/C16H20O7/c1-5-23-16(19)11(9-14(17)18)6-10-7-12(20-2)15(22-4)13(8-10)21-3/h6-8H,5,9H2,1-4H3,(H,17,18). The number of benzene rings is 1. The predicted octanol–water partition coefficient (Wildman–Crippen LogP) is 2.13. The number of esters is 1. The number of ether oxygens (including phenoxy) is 4. The summed E-state index contributed by atoms with van der Waals surface area (Å²) in [5.41, 5.74) is 0.553. The highest BCUT2D eigenvalue weighted by Crippen LogP contribution is 2.38. The summed E-state index contributed by atoms with van der Waals surface area (Å²) in [4.78, 5) is 22.8. The van der Waals surface area contributed by atoms with Crippen molar-refractivity contribution in [1.82, 2.24) is 0 Å². The highest BCUT2D eigenvalue weighted by atomic mass is 16.5. The lowest BCUT2D eigenvalue weighted by Gasteiger charge is -2.13. The van der Waals surface area contributed by atoms with E-state index in [1.807, 2.05) is 0 Å². The molecule has 0 saturated carbocycles. The molecule has 0 spiro atoms. The average molecular weight is 324 g/mol. The van der Waals surface area contributed by atoms with Gasteiger partial charge in [-0.1, -0.05) is 0 Å². The second kappa shape index (κ2) is 8.67. The first kappa shape index (κ1) is 18.3. The summed E-state index contributed by atoms with van der Waals surface area (Å²) in [6, 6.07) is 3.23. The van der Waals surface area contributed by atoms with Crippen LogP contribution in [0, 0.1) is 0 Å². The van der Waals surface area contributed by atoms with Gasteiger partial charge in [-0.2, -0.15) is 0 Å². The maximum Gasteiger partial charge on any atom is 0.334 e. The van der Waals surface area contributed by atoms with Crippen molar-refractivity contribution in [3.8, 4) is 17.2 Å². The van der Waals surface area contributed by atoms with E-state index in [9.17, 15) is 9.59 Å². The summed E-state index contributed by atoms with van der Waals surface area (Å²) in [6.45, 7) is 1.81. The number of carbonyl (C=O) groups is 2. The molecular formula is C16H20O7. The van der Waals surface area contributed by atoms with Crippen LogP contribution in [-0.4, -0.2) is 45.0 Å². The molecule has 23 heavy (non-hydrogen) atoms. The Kier molecular flexibility index (Phi) is 6.92. The van der Waals surface area contributed by atoms with Gasteiger partial charge in [-0.05, 0) is 30.7 Å². The molecule has 0 aliphatic rings. The van der Waals surface area contributed by atoms with Crippen LogP contribution in [0.2, 0.25) is 0 Å². The largest absolute Gasteiger partial charge is 0.493 e. The second-order valence-electron chi connectivity index (χ2n) is 4.42. The zero-order valence-electron chi connectivity index (χ0n) is 13.5. The first-order chi connectivity index (χ1) is 11.0. The average Bonchev–Trinajstić information content (AvgIpc) is 2.52. The lowest BCUT2D eigenvalue weighted by Crippen LogP contribution is -2.11. The second-order valence-corrected chi connectivity index (χ2v) is 4.42. The van der Waals surface area contributed by atoms with E-state index < -0.39 is 18.4 Å². The van der Waals surface area contributed by atoms with E-state index in [2.05, 4.69) is 0 Å². The Labute approximate surface area is 134 Å². The SMILES string of the molecule is CCOC(=O)C(=Cc1cc(OC)c(OC)c(OC)c1)CC(=O)O. The van der Waals surface area contributed by atoms with Gasteiger partial charge in [0.15, 0.2) is 11.5 Å². The summed E-state index contributed by atoms with van der Waals surface area (Å²) >= 11 is 0. The highest BCUT2D eigenvalue weighted by molar-refractivity contribution is 5.98. The minimum absolute atomic E-state index is 0.0219. The number of carbonyl (C=O) groups excluding carboxylic acids is 1. The molecule has 0 amide bonds. The summed E-state index contributed by atoms with van der Waals surface area (Å²) in [5, 5.41) is 8.94. The molecule has 0 aromatic heterocycles. The van der Waals surface area contributed by atoms with Crippen LogP contribution in [0.25, 0.3) is 6.08 Å². The van der Waals surface area contributed by atoms with Gasteiger partial charge in [0.25, 0.3) is 0 Å². The Hall–Kier alpha value is -2.70. The first-order valence-corrected chi connectivity index (χ1v) is 6.86. The van der Waals surface area contributed by atoms with Crippen LogP contribution >= 0.6 is 0 Å². The maximum atomic E-state index is 11.9. The summed E-state index contributed by atoms with van der Waals surface area (Å²) in [5.74, 6) is -0.600. The van der Waals surface area contributed by atoms with E-state index in [-0.39, 0.29) is 12.2 Å². The number of hydrogen-bond donors (Lipinski definition) is 1. The fourth-order valence-corrected chi connectivity index (χ4v) is 1.95. The molecule has 0 saturated heterocycles. The Balaban J connectivity index is 3.34. The molecule has 0 unspecified atom stereocenters. The highest BCUT2D eigenvalue weighted by Gasteiger charge is 2.17. The van der Waals surface area contributed by atoms with Gasteiger partial charge in [-0.25, -0.2) is 4.79 Å². The van der Waals surface area contributed by atoms with Crippen LogP contribution in [0.15, 0.2) is 17.7 Å². The molecule has 0 aliphatic carbocycles. The van der Waals surface area contributed by atoms with Crippen molar-refractivity contribution in [2.24, 2.45) is 0 Å². The van der Waals surface area contributed by atoms with Crippen LogP contribution in [0.1, 0.15) is 18.9 Å². The quantitative estimate of drug-likeness (QED) is 0.578. The number of carboxylic acid groups (broad SMARTS) is 1. The van der Waals surface area contributed by atoms with Crippen LogP contribution in [0.3, 0.4) is 0 Å². The molecule has 0 atom stereocenters. The summed E-state index contributed by atoms with van der Waals surface area (Å²) in [6.07, 6.45) is 0.978. The third kappa shape index (κ3) is 4.91. The van der Waals surface area contributed by atoms with E-state index >= 15 is 0 Å². The van der Waals surface area contributed by atoms with E-state index in [1.54, 1.807) is 19.1 Å². The number of methoxy groups -OCH3 is 3. The number of aliphatic carboxylic acids is 1. The van der Waals surface area contributed by atoms with Crippen LogP contribution < -0.4 is 14.2 Å². The molecule has 0 aliphatic heterocycles. The van der Waals surface area contributed by atoms with Crippen molar-refractivity contribution in [2.45, 2.75) is 13.3 Å². The predicted molar refractivity (Wildman–Crippen MR) is 83.0 cm³/mol. The van der Waals surface area contributed by atoms with Gasteiger partial charge in [0.2, 0.25) is 5.75 Å². The number of rotatable bonds is 8. The van der Waals surface area contributed by atoms with Crippen LogP contribution in [0.4, 0.5) is 0 Å². The molecule has 1 rings (SSSR count). The van der Waals surface area contributed by atoms with E-state index in [4.69, 9.17) is 24.1 Å². The van der Waals surface area contributed by atoms with Crippen molar-refractivity contribution in [2.75, 3.05) is 27.9 Å². The van der Waals surface area contributed by atoms with Crippen molar-refractivity contribution in [3.63, 3.8) is 0 Å². The topological polar surface area (TPSA) is 91.3 Å². The molecule has 0 heterocycles. The Bertz CT molecular complexity index is 579. The van der Waals surface area contributed by atoms with Crippen molar-refractivity contribution >= 4 is 18.0 Å². The van der Waals surface area contributed by atoms with E-state index in [0.29, 0.717) is 22.8 Å². The Morgan fingerprint density at radius 2 is 1.65 bits per heavy atom. The molecule has 7 heteroatoms. The summed E-state index contributed by atoms with van der Waals surface area (Å²) < 4.78 is 20.5. The molecule has 126 valence electrons. The molecule has 0 radical (unpaired) electrons. The van der Waals surface area contributed by atoms with Gasteiger partial charge < -0.3 is 24.1 Å². The maximum absolute atomic E-state index is 11.9. The summed E-state index contributed by atoms with van der Waals surface area (Å²) in [7, 11) is 4.41. The van der Waals surface area contributed by atoms with E-state index in [0.717, 1.165) is 0 Å². The van der Waals surface area contributed by atoms with Gasteiger partial charge in [0.1, 0.15) is 0 Å². The molecule has 7 nitrogen and oxygen atoms in total. The smallest absolute Gasteiger partial charge is 0.334 e. The zero-order valence-corrected chi connectivity index (χ0v) is 13.5. The first-order valence-electron chi connectivity index (χ1n) is 6.86. The third-order valence-corrected chi connectivity index (χ3v) is 2.91. The lowest BCUT2D eigenvalue weighted by molar-refractivity contribution is -0.142. The molecule has 1 N–H and O–H groups in total. The molecular weight excluding hydrogens is 304 g/mol. The molecule has 1 aromatic carbocycles. The van der Waals surface area contributed by atoms with Gasteiger partial charge in [-0.3, -0.25) is 4.79 Å². The Morgan fingerprint density at radius 1 is 1.09 bits per heavy atom. The fourth-order valence-electron chi connectivity index (χ4n) is 1.95. The van der Waals surface area contributed by atoms with Gasteiger partial charge >= 0.3 is 11.9 Å². The minimum atomic E-state index is -1.13. The van der Waals surface area contributed by atoms with Gasteiger partial charge in [0, 0.05) is 5.57 Å². The Morgan fingerprint density at radius 3 is 2.04 bits per heavy atom. The minimum Gasteiger partial charge on any atom is -0.493 e. The normalized spacial score (nSPS) is 10.9. The van der Waals surface area contributed by atoms with Gasteiger partial charge in [-0.15, -0.1) is 0 Å². The third-order valence-electron chi connectivity index (χ3n) is 2.91. The fraction of sp³-hybridized carbons (Fsp3) is 0.375. The van der Waals surface area contributed by atoms with Crippen LogP contribution in [-0.2, 0) is 14.3 Å². The van der Waals surface area contributed by atoms with Crippen molar-refractivity contribution < 1.29 is 33.6 Å². The zero-order chi connectivity index (χ0) is 17.4.